The summed E-state index contributed by atoms with van der Waals surface area (Å²) in [6.45, 7) is 3.12. The first kappa shape index (κ1) is 18.8. The van der Waals surface area contributed by atoms with Crippen molar-refractivity contribution in [3.8, 4) is 11.6 Å². The molecule has 2 aromatic heterocycles. The molecule has 0 amide bonds. The third kappa shape index (κ3) is 3.86. The van der Waals surface area contributed by atoms with Gasteiger partial charge in [0.15, 0.2) is 5.82 Å². The van der Waals surface area contributed by atoms with Gasteiger partial charge in [-0.3, -0.25) is 4.79 Å². The highest BCUT2D eigenvalue weighted by molar-refractivity contribution is 5.76. The van der Waals surface area contributed by atoms with E-state index in [9.17, 15) is 9.18 Å². The molecule has 1 aliphatic heterocycles. The maximum Gasteiger partial charge on any atom is 0.312 e. The smallest absolute Gasteiger partial charge is 0.312 e. The predicted octanol–water partition coefficient (Wildman–Crippen LogP) is 1.69. The first-order valence-electron chi connectivity index (χ1n) is 9.01. The number of carbonyl (C=O) groups excluding carboxylic acids is 1. The van der Waals surface area contributed by atoms with E-state index in [1.54, 1.807) is 28.9 Å². The lowest BCUT2D eigenvalue weighted by Crippen LogP contribution is -2.51. The van der Waals surface area contributed by atoms with E-state index in [2.05, 4.69) is 20.5 Å². The van der Waals surface area contributed by atoms with Gasteiger partial charge in [0.05, 0.1) is 24.4 Å². The highest BCUT2D eigenvalue weighted by atomic mass is 19.1. The molecular formula is C19H19FN6O3. The molecule has 0 radical (unpaired) electrons. The van der Waals surface area contributed by atoms with Crippen LogP contribution >= 0.6 is 0 Å². The molecule has 0 bridgehead atoms. The molecule has 0 N–H and O–H groups in total. The number of nitrogens with zero attached hydrogens (tertiary/aromatic N) is 6. The van der Waals surface area contributed by atoms with Crippen molar-refractivity contribution in [2.75, 3.05) is 25.1 Å². The monoisotopic (exact) mass is 398 g/mol. The molecule has 1 saturated heterocycles. The van der Waals surface area contributed by atoms with Crippen molar-refractivity contribution in [3.05, 3.63) is 53.6 Å². The van der Waals surface area contributed by atoms with Gasteiger partial charge in [-0.15, -0.1) is 15.3 Å². The average molecular weight is 398 g/mol. The summed E-state index contributed by atoms with van der Waals surface area (Å²) in [6.07, 6.45) is 0. The van der Waals surface area contributed by atoms with Gasteiger partial charge in [-0.05, 0) is 37.3 Å². The number of carbonyl (C=O) groups is 1. The fourth-order valence-electron chi connectivity index (χ4n) is 3.01. The zero-order valence-corrected chi connectivity index (χ0v) is 15.9. The molecule has 150 valence electrons. The van der Waals surface area contributed by atoms with Crippen molar-refractivity contribution in [1.82, 2.24) is 25.2 Å². The second-order valence-corrected chi connectivity index (χ2v) is 6.65. The van der Waals surface area contributed by atoms with E-state index in [4.69, 9.17) is 9.47 Å². The van der Waals surface area contributed by atoms with E-state index in [1.807, 2.05) is 11.8 Å². The number of ether oxygens (including phenoxy) is 2. The van der Waals surface area contributed by atoms with Crippen LogP contribution in [-0.2, 0) is 16.1 Å². The van der Waals surface area contributed by atoms with Crippen LogP contribution in [0.4, 0.5) is 10.2 Å². The number of hydrogen-bond acceptors (Lipinski definition) is 8. The highest BCUT2D eigenvalue weighted by Gasteiger charge is 2.34. The zero-order valence-electron chi connectivity index (χ0n) is 15.9. The lowest BCUT2D eigenvalue weighted by molar-refractivity contribution is -0.146. The largest absolute Gasteiger partial charge is 0.470 e. The number of benzene rings is 1. The van der Waals surface area contributed by atoms with Crippen LogP contribution in [0.5, 0.6) is 5.88 Å². The predicted molar refractivity (Wildman–Crippen MR) is 100 cm³/mol. The molecular weight excluding hydrogens is 379 g/mol. The normalized spacial score (nSPS) is 13.8. The molecule has 29 heavy (non-hydrogen) atoms. The van der Waals surface area contributed by atoms with Gasteiger partial charge in [0.25, 0.3) is 0 Å². The SMILES string of the molecule is COC(=O)C1CN(c2ccc(OCc3c(C)nnn3-c3ccc(F)cc3)nn2)C1. The van der Waals surface area contributed by atoms with Gasteiger partial charge in [-0.2, -0.15) is 0 Å². The summed E-state index contributed by atoms with van der Waals surface area (Å²) in [4.78, 5) is 13.4. The van der Waals surface area contributed by atoms with Crippen LogP contribution in [0.25, 0.3) is 5.69 Å². The summed E-state index contributed by atoms with van der Waals surface area (Å²) in [5.74, 6) is 0.367. The summed E-state index contributed by atoms with van der Waals surface area (Å²) >= 11 is 0. The van der Waals surface area contributed by atoms with Crippen LogP contribution in [0.2, 0.25) is 0 Å². The van der Waals surface area contributed by atoms with Crippen molar-refractivity contribution in [2.24, 2.45) is 5.92 Å². The number of aryl methyl sites for hydroxylation is 1. The van der Waals surface area contributed by atoms with Crippen molar-refractivity contribution in [3.63, 3.8) is 0 Å². The molecule has 10 heteroatoms. The Balaban J connectivity index is 1.40. The summed E-state index contributed by atoms with van der Waals surface area (Å²) in [7, 11) is 1.39. The van der Waals surface area contributed by atoms with Gasteiger partial charge < -0.3 is 14.4 Å². The molecule has 0 atom stereocenters. The lowest BCUT2D eigenvalue weighted by Gasteiger charge is -2.37. The Morgan fingerprint density at radius 1 is 1.14 bits per heavy atom. The van der Waals surface area contributed by atoms with Crippen LogP contribution in [0.1, 0.15) is 11.4 Å². The molecule has 1 aliphatic rings. The molecule has 1 aromatic carbocycles. The Bertz CT molecular complexity index is 1000. The van der Waals surface area contributed by atoms with E-state index in [-0.39, 0.29) is 24.3 Å². The van der Waals surface area contributed by atoms with Gasteiger partial charge in [0, 0.05) is 19.2 Å². The van der Waals surface area contributed by atoms with Gasteiger partial charge in [0.1, 0.15) is 18.1 Å². The summed E-state index contributed by atoms with van der Waals surface area (Å²) in [5, 5.41) is 16.4. The maximum absolute atomic E-state index is 13.2. The first-order valence-corrected chi connectivity index (χ1v) is 9.01. The molecule has 9 nitrogen and oxygen atoms in total. The summed E-state index contributed by atoms with van der Waals surface area (Å²) in [6, 6.07) is 9.48. The molecule has 0 unspecified atom stereocenters. The molecule has 3 heterocycles. The van der Waals surface area contributed by atoms with Crippen LogP contribution in [-0.4, -0.2) is 51.4 Å². The highest BCUT2D eigenvalue weighted by Crippen LogP contribution is 2.24. The quantitative estimate of drug-likeness (QED) is 0.579. The van der Waals surface area contributed by atoms with Gasteiger partial charge in [-0.1, -0.05) is 5.21 Å². The molecule has 3 aromatic rings. The first-order chi connectivity index (χ1) is 14.0. The lowest BCUT2D eigenvalue weighted by atomic mass is 10.0. The third-order valence-corrected chi connectivity index (χ3v) is 4.75. The fraction of sp³-hybridized carbons (Fsp3) is 0.316. The third-order valence-electron chi connectivity index (χ3n) is 4.75. The van der Waals surface area contributed by atoms with Gasteiger partial charge >= 0.3 is 5.97 Å². The Hall–Kier alpha value is -3.56. The van der Waals surface area contributed by atoms with E-state index in [1.165, 1.54) is 19.2 Å². The van der Waals surface area contributed by atoms with Crippen molar-refractivity contribution in [2.45, 2.75) is 13.5 Å². The zero-order chi connectivity index (χ0) is 20.4. The Morgan fingerprint density at radius 2 is 1.90 bits per heavy atom. The summed E-state index contributed by atoms with van der Waals surface area (Å²) in [5.41, 5.74) is 2.12. The summed E-state index contributed by atoms with van der Waals surface area (Å²) < 4.78 is 25.2. The second-order valence-electron chi connectivity index (χ2n) is 6.65. The molecule has 0 aliphatic carbocycles. The molecule has 1 fully saturated rings. The number of esters is 1. The second kappa shape index (κ2) is 7.82. The number of methoxy groups -OCH3 is 1. The molecule has 0 spiro atoms. The fourth-order valence-corrected chi connectivity index (χ4v) is 3.01. The van der Waals surface area contributed by atoms with Gasteiger partial charge in [-0.25, -0.2) is 9.07 Å². The van der Waals surface area contributed by atoms with Gasteiger partial charge in [0.2, 0.25) is 5.88 Å². The van der Waals surface area contributed by atoms with Crippen LogP contribution in [0, 0.1) is 18.7 Å². The van der Waals surface area contributed by atoms with Crippen molar-refractivity contribution < 1.29 is 18.7 Å². The number of aromatic nitrogens is 5. The van der Waals surface area contributed by atoms with E-state index < -0.39 is 0 Å². The topological polar surface area (TPSA) is 95.3 Å². The van der Waals surface area contributed by atoms with Crippen LogP contribution in [0.15, 0.2) is 36.4 Å². The average Bonchev–Trinajstić information content (AvgIpc) is 3.07. The minimum Gasteiger partial charge on any atom is -0.470 e. The minimum absolute atomic E-state index is 0.125. The molecule has 4 rings (SSSR count). The van der Waals surface area contributed by atoms with E-state index in [0.29, 0.717) is 36.2 Å². The Morgan fingerprint density at radius 3 is 2.55 bits per heavy atom. The van der Waals surface area contributed by atoms with Crippen LogP contribution in [0.3, 0.4) is 0 Å². The van der Waals surface area contributed by atoms with Crippen LogP contribution < -0.4 is 9.64 Å². The minimum atomic E-state index is -0.320. The standard InChI is InChI=1S/C19H19FN6O3/c1-12-16(26(24-21-12)15-5-3-14(20)4-6-15)11-29-18-8-7-17(22-23-18)25-9-13(10-25)19(27)28-2/h3-8,13H,9-11H2,1-2H3. The van der Waals surface area contributed by atoms with Crippen molar-refractivity contribution >= 4 is 11.8 Å². The van der Waals surface area contributed by atoms with Crippen molar-refractivity contribution in [1.29, 1.82) is 0 Å². The Labute approximate surface area is 166 Å². The number of halogens is 1. The number of hydrogen-bond donors (Lipinski definition) is 0. The molecule has 0 saturated carbocycles. The Kier molecular flexibility index (Phi) is 5.07. The van der Waals surface area contributed by atoms with E-state index in [0.717, 1.165) is 5.69 Å². The maximum atomic E-state index is 13.2. The number of anilines is 1. The van der Waals surface area contributed by atoms with E-state index >= 15 is 0 Å². The number of rotatable bonds is 6.